The normalized spacial score (nSPS) is 14.6. The van der Waals surface area contributed by atoms with Gasteiger partial charge in [0.05, 0.1) is 6.04 Å². The first-order valence-electron chi connectivity index (χ1n) is 3.85. The maximum absolute atomic E-state index is 5.74. The predicted octanol–water partition coefficient (Wildman–Crippen LogP) is -0.953. The molecule has 11 heavy (non-hydrogen) atoms. The van der Waals surface area contributed by atoms with Crippen molar-refractivity contribution in [1.29, 1.82) is 0 Å². The van der Waals surface area contributed by atoms with Crippen LogP contribution in [0.15, 0.2) is 11.8 Å². The lowest BCUT2D eigenvalue weighted by Gasteiger charge is -2.07. The second-order valence-corrected chi connectivity index (χ2v) is 2.64. The van der Waals surface area contributed by atoms with Crippen LogP contribution in [0.1, 0.15) is 20.3 Å². The van der Waals surface area contributed by atoms with Gasteiger partial charge in [0.15, 0.2) is 5.71 Å². The third-order valence-electron chi connectivity index (χ3n) is 1.55. The van der Waals surface area contributed by atoms with E-state index < -0.39 is 0 Å². The molecule has 0 spiro atoms. The zero-order valence-corrected chi connectivity index (χ0v) is 7.52. The van der Waals surface area contributed by atoms with Crippen LogP contribution in [0.4, 0.5) is 0 Å². The molecule has 0 saturated carbocycles. The molecule has 0 saturated heterocycles. The van der Waals surface area contributed by atoms with Gasteiger partial charge in [0.2, 0.25) is 0 Å². The first kappa shape index (κ1) is 10.2. The first-order chi connectivity index (χ1) is 5.11. The molecule has 0 radical (unpaired) electrons. The minimum Gasteiger partial charge on any atom is -0.402 e. The van der Waals surface area contributed by atoms with Gasteiger partial charge in [-0.25, -0.2) is 0 Å². The van der Waals surface area contributed by atoms with Gasteiger partial charge in [-0.3, -0.25) is 5.41 Å². The summed E-state index contributed by atoms with van der Waals surface area (Å²) in [6.45, 7) is 3.91. The molecule has 0 aliphatic carbocycles. The number of rotatable bonds is 4. The Bertz CT molecular complexity index is 153. The monoisotopic (exact) mass is 156 g/mol. The highest BCUT2D eigenvalue weighted by atomic mass is 14.9. The van der Waals surface area contributed by atoms with Crippen LogP contribution in [-0.4, -0.2) is 18.8 Å². The summed E-state index contributed by atoms with van der Waals surface area (Å²) in [4.78, 5) is 0. The van der Waals surface area contributed by atoms with Gasteiger partial charge >= 0.3 is 0 Å². The number of nitrogens with two attached hydrogens (primary N) is 2. The van der Waals surface area contributed by atoms with E-state index in [0.717, 1.165) is 17.8 Å². The highest BCUT2D eigenvalue weighted by Crippen LogP contribution is 1.92. The zero-order chi connectivity index (χ0) is 8.85. The molecule has 0 bridgehead atoms. The molecule has 3 nitrogen and oxygen atoms in total. The number of hydrogen-bond acceptors (Lipinski definition) is 2. The lowest BCUT2D eigenvalue weighted by atomic mass is 10.1. The molecule has 0 heterocycles. The summed E-state index contributed by atoms with van der Waals surface area (Å²) < 4.78 is 0. The summed E-state index contributed by atoms with van der Waals surface area (Å²) in [5.41, 5.74) is 7.02. The van der Waals surface area contributed by atoms with Gasteiger partial charge in [-0.15, -0.1) is 0 Å². The van der Waals surface area contributed by atoms with Crippen LogP contribution in [0.3, 0.4) is 0 Å². The average molecular weight is 156 g/mol. The van der Waals surface area contributed by atoms with Gasteiger partial charge in [0.25, 0.3) is 0 Å². The Morgan fingerprint density at radius 1 is 1.73 bits per heavy atom. The van der Waals surface area contributed by atoms with Crippen LogP contribution < -0.4 is 16.5 Å². The van der Waals surface area contributed by atoms with E-state index in [4.69, 9.17) is 11.1 Å². The minimum absolute atomic E-state index is 0.244. The molecule has 1 atom stereocenters. The van der Waals surface area contributed by atoms with E-state index in [9.17, 15) is 0 Å². The predicted molar refractivity (Wildman–Crippen MR) is 48.0 cm³/mol. The molecule has 0 aromatic carbocycles. The van der Waals surface area contributed by atoms with E-state index in [1.54, 1.807) is 6.08 Å². The third-order valence-corrected chi connectivity index (χ3v) is 1.55. The van der Waals surface area contributed by atoms with Gasteiger partial charge in [-0.1, -0.05) is 6.92 Å². The Morgan fingerprint density at radius 3 is 2.55 bits per heavy atom. The van der Waals surface area contributed by atoms with Gasteiger partial charge in [0.1, 0.15) is 0 Å². The smallest absolute Gasteiger partial charge is 0.191 e. The fraction of sp³-hybridized carbons (Fsp3) is 0.625. The van der Waals surface area contributed by atoms with Crippen LogP contribution >= 0.6 is 0 Å². The topological polar surface area (TPSA) is 63.6 Å². The number of nitrogens with one attached hydrogen (secondary N) is 1. The highest BCUT2D eigenvalue weighted by Gasteiger charge is 2.11. The Balaban J connectivity index is 4.11. The van der Waals surface area contributed by atoms with Crippen molar-refractivity contribution in [1.82, 2.24) is 5.32 Å². The maximum atomic E-state index is 5.74. The second kappa shape index (κ2) is 4.91. The molecule has 0 aromatic heterocycles. The maximum Gasteiger partial charge on any atom is 0.191 e. The summed E-state index contributed by atoms with van der Waals surface area (Å²) in [6.07, 6.45) is 2.77. The van der Waals surface area contributed by atoms with Crippen molar-refractivity contribution in [3.05, 3.63) is 11.8 Å². The van der Waals surface area contributed by atoms with E-state index in [1.165, 1.54) is 0 Å². The summed E-state index contributed by atoms with van der Waals surface area (Å²) >= 11 is 0. The molecule has 3 heteroatoms. The van der Waals surface area contributed by atoms with Gasteiger partial charge < -0.3 is 11.1 Å². The summed E-state index contributed by atoms with van der Waals surface area (Å²) in [5, 5.41) is 8.83. The summed E-state index contributed by atoms with van der Waals surface area (Å²) in [7, 11) is 1.89. The first-order valence-corrected chi connectivity index (χ1v) is 3.85. The van der Waals surface area contributed by atoms with Crippen LogP contribution in [-0.2, 0) is 0 Å². The van der Waals surface area contributed by atoms with Crippen LogP contribution in [0, 0.1) is 0 Å². The molecule has 0 aliphatic heterocycles. The number of hydrogen-bond donors (Lipinski definition) is 3. The third kappa shape index (κ3) is 3.78. The Labute approximate surface area is 68.2 Å². The molecule has 5 N–H and O–H groups in total. The van der Waals surface area contributed by atoms with E-state index >= 15 is 0 Å². The van der Waals surface area contributed by atoms with E-state index in [0.29, 0.717) is 0 Å². The van der Waals surface area contributed by atoms with Gasteiger partial charge in [-0.05, 0) is 20.4 Å². The molecule has 0 fully saturated rings. The zero-order valence-electron chi connectivity index (χ0n) is 7.52. The van der Waals surface area contributed by atoms with Crippen molar-refractivity contribution in [2.24, 2.45) is 5.73 Å². The van der Waals surface area contributed by atoms with Crippen LogP contribution in [0.5, 0.6) is 0 Å². The van der Waals surface area contributed by atoms with Gasteiger partial charge in [0, 0.05) is 11.8 Å². The second-order valence-electron chi connectivity index (χ2n) is 2.64. The van der Waals surface area contributed by atoms with Crippen molar-refractivity contribution in [2.75, 3.05) is 7.05 Å². The van der Waals surface area contributed by atoms with Crippen molar-refractivity contribution in [2.45, 2.75) is 26.3 Å². The molecule has 0 amide bonds. The highest BCUT2D eigenvalue weighted by molar-refractivity contribution is 5.94. The van der Waals surface area contributed by atoms with E-state index in [1.807, 2.05) is 14.0 Å². The van der Waals surface area contributed by atoms with Crippen molar-refractivity contribution in [3.8, 4) is 0 Å². The van der Waals surface area contributed by atoms with Crippen molar-refractivity contribution < 1.29 is 5.41 Å². The van der Waals surface area contributed by atoms with Gasteiger partial charge in [-0.2, -0.15) is 0 Å². The fourth-order valence-electron chi connectivity index (χ4n) is 0.970. The summed E-state index contributed by atoms with van der Waals surface area (Å²) in [6, 6.07) is 0.244. The van der Waals surface area contributed by atoms with Crippen molar-refractivity contribution >= 4 is 5.71 Å². The lowest BCUT2D eigenvalue weighted by Crippen LogP contribution is -2.50. The van der Waals surface area contributed by atoms with E-state index in [2.05, 4.69) is 12.2 Å². The quantitative estimate of drug-likeness (QED) is 0.459. The molecule has 0 aliphatic rings. The SMILES string of the molecule is CCC(NC)C(=[NH2+])C=C(C)N. The van der Waals surface area contributed by atoms with Crippen LogP contribution in [0.2, 0.25) is 0 Å². The molecule has 0 rings (SSSR count). The molecule has 64 valence electrons. The lowest BCUT2D eigenvalue weighted by molar-refractivity contribution is -0.116. The average Bonchev–Trinajstić information content (AvgIpc) is 1.88. The fourth-order valence-corrected chi connectivity index (χ4v) is 0.970. The minimum atomic E-state index is 0.244. The largest absolute Gasteiger partial charge is 0.402 e. The molecule has 1 unspecified atom stereocenters. The van der Waals surface area contributed by atoms with E-state index in [-0.39, 0.29) is 6.04 Å². The molecule has 0 aromatic rings. The standard InChI is InChI=1S/C8H17N3/c1-4-8(11-3)7(10)5-6(2)9/h5,8,10-11H,4,9H2,1-3H3/p+1. The Morgan fingerprint density at radius 2 is 2.27 bits per heavy atom. The summed E-state index contributed by atoms with van der Waals surface area (Å²) in [5.74, 6) is 0. The Kier molecular flexibility index (Phi) is 4.54. The van der Waals surface area contributed by atoms with Crippen molar-refractivity contribution in [3.63, 3.8) is 0 Å². The number of allylic oxidation sites excluding steroid dienone is 1. The molecular weight excluding hydrogens is 138 g/mol. The molecular formula is C8H18N3+. The van der Waals surface area contributed by atoms with Crippen LogP contribution in [0.25, 0.3) is 0 Å². The Hall–Kier alpha value is -0.830.